The van der Waals surface area contributed by atoms with Crippen LogP contribution in [-0.4, -0.2) is 9.97 Å². The zero-order valence-corrected chi connectivity index (χ0v) is 9.90. The first-order valence-electron chi connectivity index (χ1n) is 5.60. The molecule has 1 aromatic carbocycles. The van der Waals surface area contributed by atoms with Crippen molar-refractivity contribution in [1.82, 2.24) is 15.3 Å². The van der Waals surface area contributed by atoms with E-state index in [9.17, 15) is 8.78 Å². The first-order chi connectivity index (χ1) is 8.68. The van der Waals surface area contributed by atoms with Crippen molar-refractivity contribution in [2.24, 2.45) is 0 Å². The van der Waals surface area contributed by atoms with Crippen molar-refractivity contribution in [3.63, 3.8) is 0 Å². The van der Waals surface area contributed by atoms with E-state index in [1.54, 1.807) is 25.3 Å². The van der Waals surface area contributed by atoms with Gasteiger partial charge >= 0.3 is 0 Å². The lowest BCUT2D eigenvalue weighted by Crippen LogP contribution is -2.20. The van der Waals surface area contributed by atoms with Crippen molar-refractivity contribution >= 4 is 0 Å². The molecule has 0 bridgehead atoms. The van der Waals surface area contributed by atoms with Crippen LogP contribution in [0.25, 0.3) is 0 Å². The highest BCUT2D eigenvalue weighted by Crippen LogP contribution is 2.19. The first kappa shape index (κ1) is 12.6. The molecule has 5 heteroatoms. The second kappa shape index (κ2) is 5.64. The summed E-state index contributed by atoms with van der Waals surface area (Å²) >= 11 is 0. The normalized spacial score (nSPS) is 12.4. The molecule has 0 spiro atoms. The summed E-state index contributed by atoms with van der Waals surface area (Å²) in [6.45, 7) is 2.25. The molecule has 0 saturated heterocycles. The third-order valence-corrected chi connectivity index (χ3v) is 2.68. The first-order valence-corrected chi connectivity index (χ1v) is 5.60. The molecule has 0 aliphatic rings. The van der Waals surface area contributed by atoms with Gasteiger partial charge in [-0.25, -0.2) is 18.7 Å². The Labute approximate surface area is 104 Å². The van der Waals surface area contributed by atoms with Gasteiger partial charge in [0.05, 0.1) is 5.69 Å². The molecule has 94 valence electrons. The zero-order valence-electron chi connectivity index (χ0n) is 9.90. The molecule has 2 aromatic rings. The SMILES string of the molecule is CC(NCc1ccncn1)c1cccc(F)c1F. The lowest BCUT2D eigenvalue weighted by molar-refractivity contribution is 0.471. The predicted molar refractivity (Wildman–Crippen MR) is 63.6 cm³/mol. The average Bonchev–Trinajstić information content (AvgIpc) is 2.40. The highest BCUT2D eigenvalue weighted by atomic mass is 19.2. The third-order valence-electron chi connectivity index (χ3n) is 2.68. The van der Waals surface area contributed by atoms with Crippen LogP contribution in [0, 0.1) is 11.6 Å². The molecule has 1 unspecified atom stereocenters. The molecule has 1 atom stereocenters. The van der Waals surface area contributed by atoms with Crippen molar-refractivity contribution in [3.8, 4) is 0 Å². The van der Waals surface area contributed by atoms with E-state index in [1.807, 2.05) is 0 Å². The number of aromatic nitrogens is 2. The van der Waals surface area contributed by atoms with E-state index in [0.29, 0.717) is 12.1 Å². The van der Waals surface area contributed by atoms with Crippen LogP contribution in [0.2, 0.25) is 0 Å². The van der Waals surface area contributed by atoms with Crippen molar-refractivity contribution in [2.75, 3.05) is 0 Å². The number of benzene rings is 1. The van der Waals surface area contributed by atoms with Crippen LogP contribution in [0.4, 0.5) is 8.78 Å². The fourth-order valence-electron chi connectivity index (χ4n) is 1.65. The summed E-state index contributed by atoms with van der Waals surface area (Å²) in [5, 5.41) is 3.09. The van der Waals surface area contributed by atoms with Crippen LogP contribution in [0.3, 0.4) is 0 Å². The van der Waals surface area contributed by atoms with Gasteiger partial charge in [0.2, 0.25) is 0 Å². The van der Waals surface area contributed by atoms with E-state index in [2.05, 4.69) is 15.3 Å². The van der Waals surface area contributed by atoms with Gasteiger partial charge in [-0.1, -0.05) is 12.1 Å². The molecule has 0 saturated carbocycles. The van der Waals surface area contributed by atoms with Gasteiger partial charge in [0, 0.05) is 24.3 Å². The Kier molecular flexibility index (Phi) is 3.94. The van der Waals surface area contributed by atoms with Crippen LogP contribution in [0.1, 0.15) is 24.2 Å². The summed E-state index contributed by atoms with van der Waals surface area (Å²) in [5.41, 5.74) is 1.11. The van der Waals surface area contributed by atoms with E-state index in [0.717, 1.165) is 11.8 Å². The van der Waals surface area contributed by atoms with Gasteiger partial charge in [0.15, 0.2) is 11.6 Å². The van der Waals surface area contributed by atoms with Crippen molar-refractivity contribution in [3.05, 3.63) is 59.7 Å². The zero-order chi connectivity index (χ0) is 13.0. The summed E-state index contributed by atoms with van der Waals surface area (Å²) in [7, 11) is 0. The summed E-state index contributed by atoms with van der Waals surface area (Å²) in [6.07, 6.45) is 3.09. The number of hydrogen-bond acceptors (Lipinski definition) is 3. The molecule has 1 N–H and O–H groups in total. The fourth-order valence-corrected chi connectivity index (χ4v) is 1.65. The smallest absolute Gasteiger partial charge is 0.163 e. The monoisotopic (exact) mass is 249 g/mol. The number of halogens is 2. The van der Waals surface area contributed by atoms with Gasteiger partial charge in [0.1, 0.15) is 6.33 Å². The molecule has 1 aromatic heterocycles. The molecule has 0 aliphatic carbocycles. The third kappa shape index (κ3) is 2.87. The van der Waals surface area contributed by atoms with E-state index in [1.165, 1.54) is 12.4 Å². The highest BCUT2D eigenvalue weighted by Gasteiger charge is 2.13. The minimum absolute atomic E-state index is 0.296. The minimum atomic E-state index is -0.830. The molecule has 3 nitrogen and oxygen atoms in total. The summed E-state index contributed by atoms with van der Waals surface area (Å²) < 4.78 is 26.6. The van der Waals surface area contributed by atoms with Gasteiger partial charge in [-0.2, -0.15) is 0 Å². The molecule has 0 fully saturated rings. The molecule has 0 radical (unpaired) electrons. The maximum atomic E-state index is 13.5. The fraction of sp³-hybridized carbons (Fsp3) is 0.231. The quantitative estimate of drug-likeness (QED) is 0.905. The Hall–Kier alpha value is -1.88. The Balaban J connectivity index is 2.04. The number of hydrogen-bond donors (Lipinski definition) is 1. The van der Waals surface area contributed by atoms with E-state index in [4.69, 9.17) is 0 Å². The topological polar surface area (TPSA) is 37.8 Å². The standard InChI is InChI=1S/C13H13F2N3/c1-9(11-3-2-4-12(14)13(11)15)17-7-10-5-6-16-8-18-10/h2-6,8-9,17H,7H2,1H3. The van der Waals surface area contributed by atoms with E-state index in [-0.39, 0.29) is 6.04 Å². The van der Waals surface area contributed by atoms with Crippen LogP contribution in [0.5, 0.6) is 0 Å². The van der Waals surface area contributed by atoms with Crippen molar-refractivity contribution < 1.29 is 8.78 Å². The molecule has 18 heavy (non-hydrogen) atoms. The number of nitrogens with zero attached hydrogens (tertiary/aromatic N) is 2. The highest BCUT2D eigenvalue weighted by molar-refractivity contribution is 5.22. The average molecular weight is 249 g/mol. The van der Waals surface area contributed by atoms with Crippen molar-refractivity contribution in [2.45, 2.75) is 19.5 Å². The van der Waals surface area contributed by atoms with E-state index < -0.39 is 11.6 Å². The van der Waals surface area contributed by atoms with Gasteiger partial charge in [-0.3, -0.25) is 0 Å². The van der Waals surface area contributed by atoms with Gasteiger partial charge in [-0.05, 0) is 19.1 Å². The van der Waals surface area contributed by atoms with Gasteiger partial charge in [-0.15, -0.1) is 0 Å². The van der Waals surface area contributed by atoms with Gasteiger partial charge < -0.3 is 5.32 Å². The minimum Gasteiger partial charge on any atom is -0.304 e. The maximum absolute atomic E-state index is 13.5. The molecule has 0 amide bonds. The Morgan fingerprint density at radius 1 is 1.28 bits per heavy atom. The van der Waals surface area contributed by atoms with Crippen LogP contribution in [-0.2, 0) is 6.54 Å². The number of rotatable bonds is 4. The molecular weight excluding hydrogens is 236 g/mol. The van der Waals surface area contributed by atoms with Crippen molar-refractivity contribution in [1.29, 1.82) is 0 Å². The lowest BCUT2D eigenvalue weighted by atomic mass is 10.1. The van der Waals surface area contributed by atoms with E-state index >= 15 is 0 Å². The Morgan fingerprint density at radius 3 is 2.83 bits per heavy atom. The van der Waals surface area contributed by atoms with Crippen LogP contribution < -0.4 is 5.32 Å². The predicted octanol–water partition coefficient (Wildman–Crippen LogP) is 2.61. The lowest BCUT2D eigenvalue weighted by Gasteiger charge is -2.14. The largest absolute Gasteiger partial charge is 0.304 e. The molecular formula is C13H13F2N3. The second-order valence-corrected chi connectivity index (χ2v) is 3.95. The Morgan fingerprint density at radius 2 is 2.11 bits per heavy atom. The second-order valence-electron chi connectivity index (χ2n) is 3.95. The number of nitrogens with one attached hydrogen (secondary N) is 1. The summed E-state index contributed by atoms with van der Waals surface area (Å²) in [6, 6.07) is 5.64. The Bertz CT molecular complexity index is 517. The summed E-state index contributed by atoms with van der Waals surface area (Å²) in [4.78, 5) is 7.85. The maximum Gasteiger partial charge on any atom is 0.163 e. The summed E-state index contributed by atoms with van der Waals surface area (Å²) in [5.74, 6) is -1.64. The molecule has 1 heterocycles. The van der Waals surface area contributed by atoms with Crippen LogP contribution >= 0.6 is 0 Å². The molecule has 0 aliphatic heterocycles. The van der Waals surface area contributed by atoms with Gasteiger partial charge in [0.25, 0.3) is 0 Å². The molecule has 2 rings (SSSR count). The van der Waals surface area contributed by atoms with Crippen LogP contribution in [0.15, 0.2) is 36.8 Å².